The zero-order chi connectivity index (χ0) is 14.9. The predicted molar refractivity (Wildman–Crippen MR) is 77.5 cm³/mol. The van der Waals surface area contributed by atoms with Gasteiger partial charge in [-0.25, -0.2) is 4.98 Å². The van der Waals surface area contributed by atoms with Gasteiger partial charge in [0, 0.05) is 14.1 Å². The Bertz CT molecular complexity index is 794. The van der Waals surface area contributed by atoms with Crippen LogP contribution in [0.3, 0.4) is 0 Å². The van der Waals surface area contributed by atoms with Crippen LogP contribution in [0.5, 0.6) is 0 Å². The second-order valence-electron chi connectivity index (χ2n) is 4.10. The first-order chi connectivity index (χ1) is 9.35. The van der Waals surface area contributed by atoms with Gasteiger partial charge in [0.05, 0.1) is 5.69 Å². The maximum absolute atomic E-state index is 12.2. The Morgan fingerprint density at radius 2 is 2.15 bits per heavy atom. The summed E-state index contributed by atoms with van der Waals surface area (Å²) in [5.41, 5.74) is 0.818. The molecule has 9 heteroatoms. The summed E-state index contributed by atoms with van der Waals surface area (Å²) in [5.74, 6) is 0. The van der Waals surface area contributed by atoms with E-state index in [2.05, 4.69) is 21.1 Å². The quantitative estimate of drug-likeness (QED) is 0.628. The number of sulfonamides is 1. The van der Waals surface area contributed by atoms with Gasteiger partial charge in [0.2, 0.25) is 5.03 Å². The van der Waals surface area contributed by atoms with Gasteiger partial charge in [-0.2, -0.15) is 18.0 Å². The molecule has 0 bridgehead atoms. The van der Waals surface area contributed by atoms with Gasteiger partial charge in [-0.15, -0.1) is 4.40 Å². The van der Waals surface area contributed by atoms with Crippen LogP contribution in [0, 0.1) is 0 Å². The number of aromatic nitrogens is 3. The van der Waals surface area contributed by atoms with Gasteiger partial charge < -0.3 is 4.90 Å². The Labute approximate surface area is 121 Å². The van der Waals surface area contributed by atoms with Gasteiger partial charge in [0.15, 0.2) is 10.8 Å². The van der Waals surface area contributed by atoms with Crippen molar-refractivity contribution < 1.29 is 8.42 Å². The van der Waals surface area contributed by atoms with Crippen LogP contribution in [0.2, 0.25) is 5.15 Å². The van der Waals surface area contributed by atoms with Crippen molar-refractivity contribution in [2.45, 2.75) is 5.03 Å². The molecule has 20 heavy (non-hydrogen) atoms. The Balaban J connectivity index is 2.70. The summed E-state index contributed by atoms with van der Waals surface area (Å²) in [5, 5.41) is 3.65. The minimum atomic E-state index is -3.99. The van der Waals surface area contributed by atoms with E-state index < -0.39 is 10.0 Å². The van der Waals surface area contributed by atoms with E-state index in [4.69, 9.17) is 11.6 Å². The average Bonchev–Trinajstić information content (AvgIpc) is 2.71. The third-order valence-corrected chi connectivity index (χ3v) is 3.89. The van der Waals surface area contributed by atoms with E-state index in [0.717, 1.165) is 4.52 Å². The Morgan fingerprint density at radius 3 is 2.75 bits per heavy atom. The molecule has 2 aromatic heterocycles. The summed E-state index contributed by atoms with van der Waals surface area (Å²) in [7, 11) is -0.683. The molecular formula is C11H12ClN5O2S. The zero-order valence-electron chi connectivity index (χ0n) is 10.9. The monoisotopic (exact) mass is 313 g/mol. The summed E-state index contributed by atoms with van der Waals surface area (Å²) in [6.45, 7) is 3.58. The normalized spacial score (nSPS) is 12.2. The van der Waals surface area contributed by atoms with Crippen LogP contribution in [0.15, 0.2) is 28.1 Å². The van der Waals surface area contributed by atoms with E-state index in [1.807, 2.05) is 0 Å². The highest BCUT2D eigenvalue weighted by molar-refractivity contribution is 7.90. The fraction of sp³-hybridized carbons (Fsp3) is 0.182. The molecule has 2 aromatic rings. The van der Waals surface area contributed by atoms with Crippen molar-refractivity contribution in [1.29, 1.82) is 0 Å². The third-order valence-electron chi connectivity index (χ3n) is 2.29. The van der Waals surface area contributed by atoms with Crippen LogP contribution in [-0.4, -0.2) is 48.3 Å². The first kappa shape index (κ1) is 14.5. The number of imidazole rings is 1. The van der Waals surface area contributed by atoms with E-state index in [9.17, 15) is 8.42 Å². The molecule has 0 aliphatic carbocycles. The molecule has 0 amide bonds. The van der Waals surface area contributed by atoms with Gasteiger partial charge in [-0.1, -0.05) is 18.2 Å². The van der Waals surface area contributed by atoms with E-state index in [-0.39, 0.29) is 10.2 Å². The van der Waals surface area contributed by atoms with E-state index in [1.165, 1.54) is 17.3 Å². The number of rotatable bonds is 4. The van der Waals surface area contributed by atoms with Crippen molar-refractivity contribution >= 4 is 39.7 Å². The van der Waals surface area contributed by atoms with Crippen molar-refractivity contribution in [2.24, 2.45) is 4.40 Å². The maximum Gasteiger partial charge on any atom is 0.304 e. The molecule has 7 nitrogen and oxygen atoms in total. The summed E-state index contributed by atoms with van der Waals surface area (Å²) < 4.78 is 29.1. The SMILES string of the molecule is C=Cc1ccc2nc(Cl)c(S(=O)(=O)/N=C/N(C)C)n2n1. The molecule has 0 saturated carbocycles. The molecule has 0 saturated heterocycles. The Hall–Kier alpha value is -1.93. The standard InChI is InChI=1S/C11H12ClN5O2S/c1-4-8-5-6-9-14-10(12)11(17(9)15-8)20(18,19)13-7-16(2)3/h4-7H,1H2,2-3H3/b13-7+. The minimum absolute atomic E-state index is 0.172. The molecule has 0 aliphatic heterocycles. The number of fused-ring (bicyclic) bond motifs is 1. The molecule has 0 N–H and O–H groups in total. The summed E-state index contributed by atoms with van der Waals surface area (Å²) in [6.07, 6.45) is 2.66. The number of nitrogens with zero attached hydrogens (tertiary/aromatic N) is 5. The van der Waals surface area contributed by atoms with Gasteiger partial charge in [-0.3, -0.25) is 0 Å². The topological polar surface area (TPSA) is 79.9 Å². The number of hydrogen-bond donors (Lipinski definition) is 0. The average molecular weight is 314 g/mol. The second-order valence-corrected chi connectivity index (χ2v) is 6.01. The fourth-order valence-electron chi connectivity index (χ4n) is 1.43. The number of halogens is 1. The Morgan fingerprint density at radius 1 is 1.45 bits per heavy atom. The smallest absolute Gasteiger partial charge is 0.304 e. The van der Waals surface area contributed by atoms with Crippen LogP contribution in [0.25, 0.3) is 11.7 Å². The Kier molecular flexibility index (Phi) is 3.78. The molecule has 0 unspecified atom stereocenters. The van der Waals surface area contributed by atoms with Gasteiger partial charge in [-0.05, 0) is 18.2 Å². The molecule has 0 radical (unpaired) electrons. The molecule has 2 heterocycles. The van der Waals surface area contributed by atoms with Crippen LogP contribution in [-0.2, 0) is 10.0 Å². The van der Waals surface area contributed by atoms with Crippen molar-refractivity contribution in [3.63, 3.8) is 0 Å². The third kappa shape index (κ3) is 2.66. The lowest BCUT2D eigenvalue weighted by molar-refractivity contribution is 0.587. The van der Waals surface area contributed by atoms with Crippen molar-refractivity contribution in [1.82, 2.24) is 19.5 Å². The molecule has 0 spiro atoms. The van der Waals surface area contributed by atoms with Gasteiger partial charge >= 0.3 is 10.0 Å². The van der Waals surface area contributed by atoms with Crippen LogP contribution in [0.4, 0.5) is 0 Å². The summed E-state index contributed by atoms with van der Waals surface area (Å²) in [6, 6.07) is 3.26. The molecule has 106 valence electrons. The first-order valence-electron chi connectivity index (χ1n) is 5.50. The molecule has 2 rings (SSSR count). The lowest BCUT2D eigenvalue weighted by Crippen LogP contribution is -2.12. The first-order valence-corrected chi connectivity index (χ1v) is 7.31. The van der Waals surface area contributed by atoms with Crippen molar-refractivity contribution in [2.75, 3.05) is 14.1 Å². The molecule has 0 atom stereocenters. The van der Waals surface area contributed by atoms with Crippen molar-refractivity contribution in [3.8, 4) is 0 Å². The minimum Gasteiger partial charge on any atom is -0.368 e. The molecule has 0 fully saturated rings. The van der Waals surface area contributed by atoms with Crippen LogP contribution < -0.4 is 0 Å². The van der Waals surface area contributed by atoms with Gasteiger partial charge in [0.1, 0.15) is 6.34 Å². The van der Waals surface area contributed by atoms with E-state index in [1.54, 1.807) is 26.2 Å². The van der Waals surface area contributed by atoms with E-state index >= 15 is 0 Å². The lowest BCUT2D eigenvalue weighted by atomic mass is 10.4. The largest absolute Gasteiger partial charge is 0.368 e. The predicted octanol–water partition coefficient (Wildman–Crippen LogP) is 1.30. The molecule has 0 aromatic carbocycles. The summed E-state index contributed by atoms with van der Waals surface area (Å²) >= 11 is 5.90. The number of hydrogen-bond acceptors (Lipinski definition) is 4. The second kappa shape index (κ2) is 5.22. The van der Waals surface area contributed by atoms with Crippen LogP contribution >= 0.6 is 11.6 Å². The molecular weight excluding hydrogens is 302 g/mol. The molecule has 0 aliphatic rings. The van der Waals surface area contributed by atoms with Crippen LogP contribution in [0.1, 0.15) is 5.69 Å². The summed E-state index contributed by atoms with van der Waals surface area (Å²) in [4.78, 5) is 5.44. The van der Waals surface area contributed by atoms with Crippen molar-refractivity contribution in [3.05, 3.63) is 29.6 Å². The highest BCUT2D eigenvalue weighted by Gasteiger charge is 2.24. The highest BCUT2D eigenvalue weighted by Crippen LogP contribution is 2.23. The highest BCUT2D eigenvalue weighted by atomic mass is 35.5. The fourth-order valence-corrected chi connectivity index (χ4v) is 2.91. The maximum atomic E-state index is 12.2. The zero-order valence-corrected chi connectivity index (χ0v) is 12.4. The van der Waals surface area contributed by atoms with Gasteiger partial charge in [0.25, 0.3) is 0 Å². The lowest BCUT2D eigenvalue weighted by Gasteiger charge is -2.03. The van der Waals surface area contributed by atoms with E-state index in [0.29, 0.717) is 11.3 Å².